The molecule has 0 aliphatic rings. The zero-order valence-corrected chi connectivity index (χ0v) is 11.8. The van der Waals surface area contributed by atoms with Crippen molar-refractivity contribution in [1.82, 2.24) is 0 Å². The third-order valence-electron chi connectivity index (χ3n) is 2.45. The summed E-state index contributed by atoms with van der Waals surface area (Å²) in [6.07, 6.45) is 7.55. The van der Waals surface area contributed by atoms with Crippen LogP contribution in [-0.4, -0.2) is 6.61 Å². The summed E-state index contributed by atoms with van der Waals surface area (Å²) in [7, 11) is 0. The molecular weight excluding hydrogens is 220 g/mol. The second-order valence-electron chi connectivity index (χ2n) is 4.35. The first-order chi connectivity index (χ1) is 8.38. The van der Waals surface area contributed by atoms with E-state index in [0.29, 0.717) is 18.3 Å². The molecule has 0 aromatic rings. The number of hydrogen-bond donors (Lipinski definition) is 0. The Bertz CT molecular complexity index is 392. The lowest BCUT2D eigenvalue weighted by atomic mass is 10.0. The largest absolute Gasteiger partial charge is 0.495 e. The highest BCUT2D eigenvalue weighted by atomic mass is 16.5. The Hall–Kier alpha value is -1.76. The molecule has 0 aliphatic carbocycles. The molecule has 0 fully saturated rings. The lowest BCUT2D eigenvalue weighted by molar-refractivity contribution is 0.244. The normalized spacial score (nSPS) is 11.1. The molecule has 98 valence electrons. The Balaban J connectivity index is 4.40. The summed E-state index contributed by atoms with van der Waals surface area (Å²) in [5, 5.41) is 0. The lowest BCUT2D eigenvalue weighted by Gasteiger charge is -2.04. The van der Waals surface area contributed by atoms with Crippen LogP contribution in [0.5, 0.6) is 0 Å². The van der Waals surface area contributed by atoms with Gasteiger partial charge < -0.3 is 4.74 Å². The van der Waals surface area contributed by atoms with Gasteiger partial charge in [-0.05, 0) is 30.1 Å². The van der Waals surface area contributed by atoms with Crippen LogP contribution in [0.2, 0.25) is 0 Å². The minimum atomic E-state index is 0.440. The lowest BCUT2D eigenvalue weighted by Crippen LogP contribution is -1.88. The van der Waals surface area contributed by atoms with Crippen LogP contribution >= 0.6 is 0 Å². The van der Waals surface area contributed by atoms with E-state index >= 15 is 0 Å². The predicted molar refractivity (Wildman–Crippen MR) is 81.3 cm³/mol. The molecule has 0 atom stereocenters. The summed E-state index contributed by atoms with van der Waals surface area (Å²) < 4.78 is 5.22. The second-order valence-corrected chi connectivity index (χ2v) is 4.35. The van der Waals surface area contributed by atoms with Crippen LogP contribution < -0.4 is 0 Å². The highest BCUT2D eigenvalue weighted by molar-refractivity contribution is 5.45. The van der Waals surface area contributed by atoms with E-state index in [4.69, 9.17) is 4.74 Å². The van der Waals surface area contributed by atoms with E-state index < -0.39 is 0 Å². The predicted octanol–water partition coefficient (Wildman–Crippen LogP) is 4.97. The minimum Gasteiger partial charge on any atom is -0.495 e. The van der Waals surface area contributed by atoms with Gasteiger partial charge in [-0.3, -0.25) is 0 Å². The van der Waals surface area contributed by atoms with E-state index in [-0.39, 0.29) is 0 Å². The van der Waals surface area contributed by atoms with E-state index in [1.54, 1.807) is 6.08 Å². The summed E-state index contributed by atoms with van der Waals surface area (Å²) in [6, 6.07) is 0. The SMILES string of the molecule is C=C(/C=C\C(=C)C(=C)/C=C\C(=C)C(C)C)OCC. The Morgan fingerprint density at radius 2 is 1.44 bits per heavy atom. The first-order valence-corrected chi connectivity index (χ1v) is 6.13. The molecule has 0 unspecified atom stereocenters. The summed E-state index contributed by atoms with van der Waals surface area (Å²) in [5.41, 5.74) is 2.77. The molecule has 0 radical (unpaired) electrons. The highest BCUT2D eigenvalue weighted by Gasteiger charge is 1.96. The van der Waals surface area contributed by atoms with Gasteiger partial charge in [-0.25, -0.2) is 0 Å². The van der Waals surface area contributed by atoms with Gasteiger partial charge in [0.2, 0.25) is 0 Å². The smallest absolute Gasteiger partial charge is 0.112 e. The summed E-state index contributed by atoms with van der Waals surface area (Å²) in [5.74, 6) is 1.07. The van der Waals surface area contributed by atoms with Crippen molar-refractivity contribution in [2.24, 2.45) is 5.92 Å². The fourth-order valence-electron chi connectivity index (χ4n) is 1.04. The Morgan fingerprint density at radius 3 is 1.89 bits per heavy atom. The zero-order chi connectivity index (χ0) is 14.1. The minimum absolute atomic E-state index is 0.440. The fraction of sp³-hybridized carbons (Fsp3) is 0.294. The molecule has 0 saturated carbocycles. The number of allylic oxidation sites excluding steroid dienone is 7. The second kappa shape index (κ2) is 8.35. The van der Waals surface area contributed by atoms with Gasteiger partial charge in [-0.2, -0.15) is 0 Å². The van der Waals surface area contributed by atoms with Gasteiger partial charge in [0, 0.05) is 0 Å². The maximum atomic E-state index is 5.22. The van der Waals surface area contributed by atoms with Crippen LogP contribution in [0.1, 0.15) is 20.8 Å². The van der Waals surface area contributed by atoms with E-state index in [1.807, 2.05) is 25.2 Å². The average Bonchev–Trinajstić information content (AvgIpc) is 2.32. The molecule has 0 saturated heterocycles. The van der Waals surface area contributed by atoms with Crippen LogP contribution in [0.4, 0.5) is 0 Å². The topological polar surface area (TPSA) is 9.23 Å². The average molecular weight is 244 g/mol. The van der Waals surface area contributed by atoms with Gasteiger partial charge in [0.1, 0.15) is 5.76 Å². The Kier molecular flexibility index (Phi) is 7.53. The highest BCUT2D eigenvalue weighted by Crippen LogP contribution is 2.14. The van der Waals surface area contributed by atoms with Crippen LogP contribution in [-0.2, 0) is 4.74 Å². The zero-order valence-electron chi connectivity index (χ0n) is 11.8. The maximum Gasteiger partial charge on any atom is 0.112 e. The first-order valence-electron chi connectivity index (χ1n) is 6.13. The molecular formula is C17H24O. The van der Waals surface area contributed by atoms with E-state index in [1.165, 1.54) is 0 Å². The van der Waals surface area contributed by atoms with Crippen molar-refractivity contribution in [2.75, 3.05) is 6.61 Å². The molecule has 0 aliphatic heterocycles. The summed E-state index contributed by atoms with van der Waals surface area (Å²) in [6.45, 7) is 22.4. The maximum absolute atomic E-state index is 5.22. The van der Waals surface area contributed by atoms with Crippen LogP contribution in [0.25, 0.3) is 0 Å². The standard InChI is InChI=1S/C17H24O/c1-8-18-17(7)12-11-16(6)15(5)10-9-14(4)13(2)3/h9-13H,4-8H2,1-3H3/b10-9-,12-11-. The molecule has 0 amide bonds. The molecule has 0 aromatic heterocycles. The van der Waals surface area contributed by atoms with Gasteiger partial charge in [-0.1, -0.05) is 64.0 Å². The van der Waals surface area contributed by atoms with Crippen molar-refractivity contribution in [3.8, 4) is 0 Å². The van der Waals surface area contributed by atoms with Crippen molar-refractivity contribution in [2.45, 2.75) is 20.8 Å². The van der Waals surface area contributed by atoms with Crippen molar-refractivity contribution < 1.29 is 4.74 Å². The molecule has 0 aromatic carbocycles. The van der Waals surface area contributed by atoms with Crippen molar-refractivity contribution in [1.29, 1.82) is 0 Å². The molecule has 0 rings (SSSR count). The summed E-state index contributed by atoms with van der Waals surface area (Å²) in [4.78, 5) is 0. The monoisotopic (exact) mass is 244 g/mol. The van der Waals surface area contributed by atoms with Crippen molar-refractivity contribution >= 4 is 0 Å². The third-order valence-corrected chi connectivity index (χ3v) is 2.45. The molecule has 0 bridgehead atoms. The van der Waals surface area contributed by atoms with Crippen LogP contribution in [0.3, 0.4) is 0 Å². The number of ether oxygens (including phenoxy) is 1. The van der Waals surface area contributed by atoms with Crippen LogP contribution in [0, 0.1) is 5.92 Å². The summed E-state index contributed by atoms with van der Waals surface area (Å²) >= 11 is 0. The van der Waals surface area contributed by atoms with Gasteiger partial charge in [-0.15, -0.1) is 0 Å². The molecule has 0 N–H and O–H groups in total. The molecule has 18 heavy (non-hydrogen) atoms. The van der Waals surface area contributed by atoms with Gasteiger partial charge in [0.25, 0.3) is 0 Å². The van der Waals surface area contributed by atoms with E-state index in [0.717, 1.165) is 16.7 Å². The molecule has 0 spiro atoms. The Morgan fingerprint density at radius 1 is 0.944 bits per heavy atom. The van der Waals surface area contributed by atoms with E-state index in [2.05, 4.69) is 40.2 Å². The first kappa shape index (κ1) is 16.2. The van der Waals surface area contributed by atoms with Gasteiger partial charge >= 0.3 is 0 Å². The molecule has 1 nitrogen and oxygen atoms in total. The van der Waals surface area contributed by atoms with Crippen molar-refractivity contribution in [3.05, 3.63) is 73.1 Å². The van der Waals surface area contributed by atoms with Gasteiger partial charge in [0.05, 0.1) is 6.61 Å². The van der Waals surface area contributed by atoms with Crippen LogP contribution in [0.15, 0.2) is 73.1 Å². The van der Waals surface area contributed by atoms with Gasteiger partial charge in [0.15, 0.2) is 0 Å². The molecule has 0 heterocycles. The quantitative estimate of drug-likeness (QED) is 0.432. The third kappa shape index (κ3) is 6.74. The number of hydrogen-bond acceptors (Lipinski definition) is 1. The Labute approximate surface area is 112 Å². The fourth-order valence-corrected chi connectivity index (χ4v) is 1.04. The van der Waals surface area contributed by atoms with E-state index in [9.17, 15) is 0 Å². The number of rotatable bonds is 8. The van der Waals surface area contributed by atoms with Crippen molar-refractivity contribution in [3.63, 3.8) is 0 Å². The molecule has 1 heteroatoms.